The third kappa shape index (κ3) is 4.72. The summed E-state index contributed by atoms with van der Waals surface area (Å²) in [4.78, 5) is 26.3. The van der Waals surface area contributed by atoms with Gasteiger partial charge in [0.25, 0.3) is 5.91 Å². The molecule has 0 spiro atoms. The highest BCUT2D eigenvalue weighted by atomic mass is 32.2. The second kappa shape index (κ2) is 8.32. The lowest BCUT2D eigenvalue weighted by atomic mass is 10.2. The van der Waals surface area contributed by atoms with E-state index in [2.05, 4.69) is 5.32 Å². The van der Waals surface area contributed by atoms with Crippen LogP contribution in [-0.4, -0.2) is 32.7 Å². The molecule has 1 fully saturated rings. The summed E-state index contributed by atoms with van der Waals surface area (Å²) < 4.78 is 13.2. The van der Waals surface area contributed by atoms with Gasteiger partial charge in [-0.2, -0.15) is 0 Å². The van der Waals surface area contributed by atoms with Crippen molar-refractivity contribution in [2.24, 2.45) is 0 Å². The van der Waals surface area contributed by atoms with Crippen LogP contribution in [0.3, 0.4) is 0 Å². The summed E-state index contributed by atoms with van der Waals surface area (Å²) in [5.74, 6) is -0.925. The predicted molar refractivity (Wildman–Crippen MR) is 108 cm³/mol. The predicted octanol–water partition coefficient (Wildman–Crippen LogP) is 3.76. The Labute approximate surface area is 164 Å². The molecule has 1 saturated heterocycles. The van der Waals surface area contributed by atoms with Crippen LogP contribution in [0.2, 0.25) is 0 Å². The summed E-state index contributed by atoms with van der Waals surface area (Å²) in [5.41, 5.74) is 0.998. The van der Waals surface area contributed by atoms with Crippen LogP contribution < -0.4 is 5.32 Å². The first-order valence-corrected chi connectivity index (χ1v) is 9.25. The Kier molecular flexibility index (Phi) is 5.88. The van der Waals surface area contributed by atoms with E-state index in [0.717, 1.165) is 11.8 Å². The van der Waals surface area contributed by atoms with Gasteiger partial charge in [0.15, 0.2) is 0 Å². The minimum Gasteiger partial charge on any atom is -0.507 e. The van der Waals surface area contributed by atoms with Gasteiger partial charge in [-0.05, 0) is 36.4 Å². The first-order chi connectivity index (χ1) is 12.9. The molecule has 27 heavy (non-hydrogen) atoms. The number of carbonyl (C=O) groups is 2. The lowest BCUT2D eigenvalue weighted by Crippen LogP contribution is -2.31. The van der Waals surface area contributed by atoms with Crippen molar-refractivity contribution in [3.63, 3.8) is 0 Å². The fraction of sp³-hybridized carbons (Fsp3) is 0.105. The number of halogens is 1. The molecule has 2 aromatic carbocycles. The summed E-state index contributed by atoms with van der Waals surface area (Å²) in [6.45, 7) is 0.135. The second-order valence-electron chi connectivity index (χ2n) is 5.70. The zero-order valence-electron chi connectivity index (χ0n) is 14.0. The SMILES string of the molecule is O=C(CCN1C(=O)/C(=C/c2ccccc2O)SC1=S)Nc1ccc(F)cc1. The Morgan fingerprint density at radius 3 is 2.63 bits per heavy atom. The molecule has 0 saturated carbocycles. The molecule has 8 heteroatoms. The van der Waals surface area contributed by atoms with Gasteiger partial charge < -0.3 is 10.4 Å². The van der Waals surface area contributed by atoms with Crippen LogP contribution in [0, 0.1) is 5.82 Å². The van der Waals surface area contributed by atoms with Crippen molar-refractivity contribution in [3.05, 3.63) is 64.8 Å². The van der Waals surface area contributed by atoms with E-state index < -0.39 is 0 Å². The van der Waals surface area contributed by atoms with Gasteiger partial charge in [0.1, 0.15) is 15.9 Å². The number of nitrogens with zero attached hydrogens (tertiary/aromatic N) is 1. The fourth-order valence-electron chi connectivity index (χ4n) is 2.41. The number of nitrogens with one attached hydrogen (secondary N) is 1. The number of phenols is 1. The van der Waals surface area contributed by atoms with Crippen molar-refractivity contribution in [3.8, 4) is 5.75 Å². The largest absolute Gasteiger partial charge is 0.507 e. The van der Waals surface area contributed by atoms with Crippen LogP contribution in [0.1, 0.15) is 12.0 Å². The average Bonchev–Trinajstić information content (AvgIpc) is 2.90. The molecule has 2 N–H and O–H groups in total. The van der Waals surface area contributed by atoms with Gasteiger partial charge in [0, 0.05) is 24.2 Å². The van der Waals surface area contributed by atoms with Crippen molar-refractivity contribution < 1.29 is 19.1 Å². The number of aromatic hydroxyl groups is 1. The first-order valence-electron chi connectivity index (χ1n) is 8.03. The Morgan fingerprint density at radius 1 is 1.22 bits per heavy atom. The summed E-state index contributed by atoms with van der Waals surface area (Å²) in [6, 6.07) is 12.1. The molecule has 1 aliphatic heterocycles. The van der Waals surface area contributed by atoms with E-state index in [9.17, 15) is 19.1 Å². The minimum atomic E-state index is -0.387. The molecule has 2 aromatic rings. The molecule has 5 nitrogen and oxygen atoms in total. The van der Waals surface area contributed by atoms with Gasteiger partial charge in [-0.1, -0.05) is 42.2 Å². The van der Waals surface area contributed by atoms with Gasteiger partial charge in [0.05, 0.1) is 4.91 Å². The summed E-state index contributed by atoms with van der Waals surface area (Å²) in [6.07, 6.45) is 1.63. The number of carbonyl (C=O) groups excluding carboxylic acids is 2. The standard InChI is InChI=1S/C19H15FN2O3S2/c20-13-5-7-14(8-6-13)21-17(24)9-10-22-18(25)16(27-19(22)26)11-12-3-1-2-4-15(12)23/h1-8,11,23H,9-10H2,(H,21,24)/b16-11-. The monoisotopic (exact) mass is 402 g/mol. The maximum Gasteiger partial charge on any atom is 0.266 e. The molecule has 1 aliphatic rings. The van der Waals surface area contributed by atoms with E-state index >= 15 is 0 Å². The second-order valence-corrected chi connectivity index (χ2v) is 7.37. The summed E-state index contributed by atoms with van der Waals surface area (Å²) >= 11 is 6.36. The van der Waals surface area contributed by atoms with E-state index in [1.165, 1.54) is 35.2 Å². The van der Waals surface area contributed by atoms with Crippen LogP contribution in [-0.2, 0) is 9.59 Å². The third-order valence-electron chi connectivity index (χ3n) is 3.79. The molecule has 0 aromatic heterocycles. The van der Waals surface area contributed by atoms with E-state index in [0.29, 0.717) is 20.5 Å². The molecule has 138 valence electrons. The van der Waals surface area contributed by atoms with Gasteiger partial charge in [-0.3, -0.25) is 14.5 Å². The smallest absolute Gasteiger partial charge is 0.266 e. The van der Waals surface area contributed by atoms with Crippen molar-refractivity contribution in [2.75, 3.05) is 11.9 Å². The maximum atomic E-state index is 12.9. The minimum absolute atomic E-state index is 0.0493. The van der Waals surface area contributed by atoms with Gasteiger partial charge >= 0.3 is 0 Å². The van der Waals surface area contributed by atoms with E-state index in [4.69, 9.17) is 12.2 Å². The Balaban J connectivity index is 1.61. The zero-order chi connectivity index (χ0) is 19.4. The first kappa shape index (κ1) is 19.1. The number of thioether (sulfide) groups is 1. The Hall–Kier alpha value is -2.71. The normalized spacial score (nSPS) is 15.4. The highest BCUT2D eigenvalue weighted by Gasteiger charge is 2.32. The highest BCUT2D eigenvalue weighted by molar-refractivity contribution is 8.26. The van der Waals surface area contributed by atoms with Crippen LogP contribution in [0.15, 0.2) is 53.4 Å². The van der Waals surface area contributed by atoms with E-state index in [-0.39, 0.29) is 36.3 Å². The Morgan fingerprint density at radius 2 is 1.93 bits per heavy atom. The third-order valence-corrected chi connectivity index (χ3v) is 5.17. The van der Waals surface area contributed by atoms with Crippen molar-refractivity contribution >= 4 is 51.9 Å². The maximum absolute atomic E-state index is 12.9. The number of rotatable bonds is 5. The number of benzene rings is 2. The number of amides is 2. The van der Waals surface area contributed by atoms with E-state index in [1.54, 1.807) is 24.3 Å². The molecule has 0 bridgehead atoms. The quantitative estimate of drug-likeness (QED) is 0.589. The van der Waals surface area contributed by atoms with Crippen molar-refractivity contribution in [1.29, 1.82) is 0 Å². The summed E-state index contributed by atoms with van der Waals surface area (Å²) in [7, 11) is 0. The highest BCUT2D eigenvalue weighted by Crippen LogP contribution is 2.34. The van der Waals surface area contributed by atoms with E-state index in [1.807, 2.05) is 0 Å². The molecular formula is C19H15FN2O3S2. The number of anilines is 1. The lowest BCUT2D eigenvalue weighted by molar-refractivity contribution is -0.122. The van der Waals surface area contributed by atoms with Crippen LogP contribution in [0.5, 0.6) is 5.75 Å². The molecule has 2 amide bonds. The number of hydrogen-bond donors (Lipinski definition) is 2. The number of hydrogen-bond acceptors (Lipinski definition) is 5. The van der Waals surface area contributed by atoms with Crippen LogP contribution in [0.4, 0.5) is 10.1 Å². The molecule has 1 heterocycles. The van der Waals surface area contributed by atoms with Crippen molar-refractivity contribution in [1.82, 2.24) is 4.90 Å². The van der Waals surface area contributed by atoms with Crippen LogP contribution >= 0.6 is 24.0 Å². The molecular weight excluding hydrogens is 387 g/mol. The van der Waals surface area contributed by atoms with Gasteiger partial charge in [0.2, 0.25) is 5.91 Å². The zero-order valence-corrected chi connectivity index (χ0v) is 15.6. The number of para-hydroxylation sites is 1. The lowest BCUT2D eigenvalue weighted by Gasteiger charge is -2.14. The van der Waals surface area contributed by atoms with Crippen LogP contribution in [0.25, 0.3) is 6.08 Å². The molecule has 0 aliphatic carbocycles. The topological polar surface area (TPSA) is 69.6 Å². The van der Waals surface area contributed by atoms with Crippen molar-refractivity contribution in [2.45, 2.75) is 6.42 Å². The van der Waals surface area contributed by atoms with Gasteiger partial charge in [-0.25, -0.2) is 4.39 Å². The molecule has 0 radical (unpaired) electrons. The number of phenolic OH excluding ortho intramolecular Hbond substituents is 1. The Bertz CT molecular complexity index is 929. The number of thiocarbonyl (C=S) groups is 1. The molecule has 0 unspecified atom stereocenters. The molecule has 0 atom stereocenters. The average molecular weight is 402 g/mol. The summed E-state index contributed by atoms with van der Waals surface area (Å²) in [5, 5.41) is 12.5. The molecule has 3 rings (SSSR count). The van der Waals surface area contributed by atoms with Gasteiger partial charge in [-0.15, -0.1) is 0 Å². The fourth-order valence-corrected chi connectivity index (χ4v) is 3.71.